The second-order valence-electron chi connectivity index (χ2n) is 22.7. The van der Waals surface area contributed by atoms with E-state index in [4.69, 9.17) is 17.2 Å². The molecule has 0 unspecified atom stereocenters. The number of nitrogens with two attached hydrogens (primary N) is 3. The van der Waals surface area contributed by atoms with Gasteiger partial charge in [0.15, 0.2) is 5.96 Å². The van der Waals surface area contributed by atoms with Crippen molar-refractivity contribution in [2.45, 2.75) is 157 Å². The van der Waals surface area contributed by atoms with Crippen LogP contribution in [0.3, 0.4) is 0 Å². The van der Waals surface area contributed by atoms with E-state index in [1.165, 1.54) is 24.3 Å². The molecule has 22 N–H and O–H groups in total. The van der Waals surface area contributed by atoms with Gasteiger partial charge in [0, 0.05) is 61.2 Å². The van der Waals surface area contributed by atoms with Crippen LogP contribution >= 0.6 is 11.8 Å². The van der Waals surface area contributed by atoms with Crippen molar-refractivity contribution in [2.75, 3.05) is 31.6 Å². The summed E-state index contributed by atoms with van der Waals surface area (Å²) in [5, 5.41) is 65.3. The largest absolute Gasteiger partial charge is 0.481 e. The third-order valence-corrected chi connectivity index (χ3v) is 16.0. The number of fused-ring (bicyclic) bond motifs is 1. The first kappa shape index (κ1) is 76.6. The van der Waals surface area contributed by atoms with Gasteiger partial charge in [-0.3, -0.25) is 62.5 Å². The summed E-state index contributed by atoms with van der Waals surface area (Å²) in [5.41, 5.74) is 18.4. The monoisotopic (exact) mass is 1360 g/mol. The Balaban J connectivity index is 1.44. The van der Waals surface area contributed by atoms with Gasteiger partial charge in [0.1, 0.15) is 54.4 Å². The molecular formula is C61H85N17O17S. The number of hydrogen-bond acceptors (Lipinski definition) is 18. The number of nitrogens with zero attached hydrogens (tertiary/aromatic N) is 2. The molecule has 2 aromatic carbocycles. The quantitative estimate of drug-likeness (QED) is 0.0118. The van der Waals surface area contributed by atoms with Crippen molar-refractivity contribution in [3.05, 3.63) is 90.1 Å². The number of carbonyl (C=O) groups excluding carboxylic acids is 9. The van der Waals surface area contributed by atoms with Gasteiger partial charge in [-0.2, -0.15) is 11.8 Å². The number of benzene rings is 2. The van der Waals surface area contributed by atoms with E-state index in [1.54, 1.807) is 67.0 Å². The van der Waals surface area contributed by atoms with Crippen molar-refractivity contribution >= 4 is 106 Å². The van der Waals surface area contributed by atoms with Crippen molar-refractivity contribution in [1.29, 1.82) is 0 Å². The van der Waals surface area contributed by atoms with Gasteiger partial charge in [-0.15, -0.1) is 0 Å². The summed E-state index contributed by atoms with van der Waals surface area (Å²) in [6.07, 6.45) is 3.30. The average Bonchev–Trinajstić information content (AvgIpc) is 1.65. The number of aliphatic carboxylic acids is 4. The summed E-state index contributed by atoms with van der Waals surface area (Å²) in [6.45, 7) is 0.889. The maximum Gasteiger partial charge on any atom is 0.326 e. The first-order valence-corrected chi connectivity index (χ1v) is 32.4. The number of thioether (sulfide) groups is 1. The number of H-pyrrole nitrogens is 2. The highest BCUT2D eigenvalue weighted by Crippen LogP contribution is 2.20. The third-order valence-electron chi connectivity index (χ3n) is 15.3. The minimum atomic E-state index is -2.08. The minimum Gasteiger partial charge on any atom is -0.481 e. The number of guanidine groups is 1. The Hall–Kier alpha value is -10.2. The van der Waals surface area contributed by atoms with Crippen molar-refractivity contribution in [2.24, 2.45) is 22.2 Å². The fourth-order valence-electron chi connectivity index (χ4n) is 10.3. The van der Waals surface area contributed by atoms with Crippen LogP contribution in [-0.2, 0) is 81.6 Å². The smallest absolute Gasteiger partial charge is 0.326 e. The van der Waals surface area contributed by atoms with E-state index >= 15 is 0 Å². The van der Waals surface area contributed by atoms with E-state index in [-0.39, 0.29) is 75.4 Å². The van der Waals surface area contributed by atoms with Crippen LogP contribution in [0.5, 0.6) is 0 Å². The molecule has 0 radical (unpaired) electrons. The van der Waals surface area contributed by atoms with Gasteiger partial charge in [-0.05, 0) is 100 Å². The van der Waals surface area contributed by atoms with Gasteiger partial charge in [0.2, 0.25) is 53.2 Å². The Morgan fingerprint density at radius 1 is 0.573 bits per heavy atom. The zero-order chi connectivity index (χ0) is 70.3. The van der Waals surface area contributed by atoms with Crippen LogP contribution < -0.4 is 70.4 Å². The molecule has 2 aromatic heterocycles. The molecule has 1 aliphatic rings. The first-order valence-electron chi connectivity index (χ1n) is 31.0. The molecule has 4 aromatic rings. The minimum absolute atomic E-state index is 0.0330. The van der Waals surface area contributed by atoms with E-state index < -0.39 is 170 Å². The molecule has 0 spiro atoms. The number of aromatic amines is 2. The van der Waals surface area contributed by atoms with E-state index in [0.717, 1.165) is 6.42 Å². The number of para-hydroxylation sites is 1. The Morgan fingerprint density at radius 2 is 1.08 bits per heavy atom. The highest BCUT2D eigenvalue weighted by atomic mass is 32.2. The molecule has 5 rings (SSSR count). The molecule has 0 saturated carbocycles. The summed E-state index contributed by atoms with van der Waals surface area (Å²) in [4.78, 5) is 190. The van der Waals surface area contributed by atoms with Gasteiger partial charge < -0.3 is 101 Å². The zero-order valence-electron chi connectivity index (χ0n) is 52.8. The molecular weight excluding hydrogens is 1270 g/mol. The van der Waals surface area contributed by atoms with Crippen LogP contribution in [0.4, 0.5) is 0 Å². The van der Waals surface area contributed by atoms with E-state index in [0.29, 0.717) is 41.4 Å². The molecule has 9 amide bonds. The SMILES string of the molecule is CSCC[C@H](NC(=O)[C@H](CCC(=O)O)NC(=O)[C@H](Cc1ccccc1)NC(=O)[C@H](CCCN=C(N)N)NC(=O)[C@@H]1CCCN1)C(=O)N[C@@H](Cc1c[nH]c2ccccc12)C(=O)N[C@@H](Cc1cnc[nH]1)C(=O)N[C@@H](CC(=O)O)C(=O)N[C@@H](CC(=O)O)C(=O)N[C@@H](CCCCN)C(=O)O. The molecule has 522 valence electrons. The topological polar surface area (TPSA) is 558 Å². The number of unbranched alkanes of at least 4 members (excludes halogenated alkanes) is 1. The standard InChI is InChI=1S/C61H85N17O17S/c1-96-24-20-41(72-53(87)40(18-19-48(79)80)71-55(89)43(25-33-11-3-2-4-12-33)74-52(86)39(17-10-23-67-61(63)64)70-51(85)38-16-9-22-66-38)54(88)75-44(26-34-30-68-37-14-6-5-13-36(34)37)56(90)76-45(27-35-31-65-32-69-35)57(91)77-47(29-50(83)84)59(93)78-46(28-49(81)82)58(92)73-42(60(94)95)15-7-8-21-62/h2-6,11-14,30-32,38-47,66,68H,7-10,15-29,62H2,1H3,(H,65,69)(H,70,85)(H,71,89)(H,72,87)(H,73,92)(H,74,86)(H,75,88)(H,76,90)(H,77,91)(H,78,93)(H,79,80)(H,81,82)(H,83,84)(H,94,95)(H4,63,64,67)/t38-,39-,40-,41-,42-,43-,44-,45-,46-,47-/m0/s1. The molecule has 0 aliphatic carbocycles. The first-order chi connectivity index (χ1) is 45.8. The predicted molar refractivity (Wildman–Crippen MR) is 348 cm³/mol. The number of imidazole rings is 1. The lowest BCUT2D eigenvalue weighted by molar-refractivity contribution is -0.145. The second-order valence-corrected chi connectivity index (χ2v) is 23.7. The van der Waals surface area contributed by atoms with Crippen LogP contribution in [0.25, 0.3) is 10.9 Å². The maximum absolute atomic E-state index is 15.0. The van der Waals surface area contributed by atoms with Crippen molar-refractivity contribution in [3.8, 4) is 0 Å². The van der Waals surface area contributed by atoms with Gasteiger partial charge in [-0.25, -0.2) is 9.78 Å². The number of aliphatic imine (C=N–C) groups is 1. The molecule has 96 heavy (non-hydrogen) atoms. The Morgan fingerprint density at radius 3 is 1.61 bits per heavy atom. The van der Waals surface area contributed by atoms with Crippen molar-refractivity contribution in [1.82, 2.24) is 68.1 Å². The molecule has 10 atom stereocenters. The molecule has 1 fully saturated rings. The molecule has 1 aliphatic heterocycles. The summed E-state index contributed by atoms with van der Waals surface area (Å²) in [7, 11) is 0. The highest BCUT2D eigenvalue weighted by molar-refractivity contribution is 7.98. The van der Waals surface area contributed by atoms with Gasteiger partial charge >= 0.3 is 23.9 Å². The second kappa shape index (κ2) is 39.5. The lowest BCUT2D eigenvalue weighted by atomic mass is 10.0. The third kappa shape index (κ3) is 26.0. The fourth-order valence-corrected chi connectivity index (χ4v) is 10.8. The summed E-state index contributed by atoms with van der Waals surface area (Å²) in [6, 6.07) is -0.0606. The fraction of sp³-hybridized carbons (Fsp3) is 0.492. The van der Waals surface area contributed by atoms with Crippen LogP contribution in [0, 0.1) is 0 Å². The van der Waals surface area contributed by atoms with E-state index in [1.807, 2.05) is 0 Å². The van der Waals surface area contributed by atoms with Crippen LogP contribution in [0.2, 0.25) is 0 Å². The zero-order valence-corrected chi connectivity index (χ0v) is 53.6. The lowest BCUT2D eigenvalue weighted by Gasteiger charge is -2.28. The van der Waals surface area contributed by atoms with Crippen molar-refractivity contribution in [3.63, 3.8) is 0 Å². The van der Waals surface area contributed by atoms with Gasteiger partial charge in [0.05, 0.1) is 25.2 Å². The highest BCUT2D eigenvalue weighted by Gasteiger charge is 2.38. The Labute approximate surface area is 555 Å². The van der Waals surface area contributed by atoms with Crippen LogP contribution in [0.15, 0.2) is 78.3 Å². The predicted octanol–water partition coefficient (Wildman–Crippen LogP) is -3.13. The lowest BCUT2D eigenvalue weighted by Crippen LogP contribution is -2.61. The summed E-state index contributed by atoms with van der Waals surface area (Å²) >= 11 is 1.27. The molecule has 1 saturated heterocycles. The number of nitrogens with one attached hydrogen (secondary N) is 12. The van der Waals surface area contributed by atoms with Crippen LogP contribution in [0.1, 0.15) is 93.9 Å². The number of carboxylic acids is 4. The average molecular weight is 1360 g/mol. The molecule has 0 bridgehead atoms. The number of rotatable bonds is 43. The summed E-state index contributed by atoms with van der Waals surface area (Å²) < 4.78 is 0. The number of carboxylic acid groups (broad SMARTS) is 4. The number of aromatic nitrogens is 3. The van der Waals surface area contributed by atoms with E-state index in [9.17, 15) is 82.8 Å². The molecule has 34 nitrogen and oxygen atoms in total. The molecule has 35 heteroatoms. The Kier molecular flexibility index (Phi) is 31.5. The maximum atomic E-state index is 15.0. The van der Waals surface area contributed by atoms with Crippen molar-refractivity contribution < 1.29 is 82.8 Å². The Bertz CT molecular complexity index is 3340. The van der Waals surface area contributed by atoms with E-state index in [2.05, 4.69) is 73.1 Å². The normalized spacial score (nSPS) is 15.4. The summed E-state index contributed by atoms with van der Waals surface area (Å²) in [5.74, 6) is -15.2. The van der Waals surface area contributed by atoms with Crippen LogP contribution in [-0.4, -0.2) is 210 Å². The molecule has 3 heterocycles. The number of hydrogen-bond donors (Lipinski definition) is 19. The van der Waals surface area contributed by atoms with Gasteiger partial charge in [-0.1, -0.05) is 48.5 Å². The van der Waals surface area contributed by atoms with Gasteiger partial charge in [0.25, 0.3) is 0 Å². The number of carbonyl (C=O) groups is 13. The number of amides is 9.